The second kappa shape index (κ2) is 6.53. The molecule has 0 aromatic heterocycles. The summed E-state index contributed by atoms with van der Waals surface area (Å²) in [5.41, 5.74) is -4.02. The van der Waals surface area contributed by atoms with Crippen LogP contribution in [-0.4, -0.2) is 31.6 Å². The van der Waals surface area contributed by atoms with Gasteiger partial charge in [-0.05, 0) is 38.8 Å². The van der Waals surface area contributed by atoms with Gasteiger partial charge in [0.15, 0.2) is 0 Å². The first kappa shape index (κ1) is 20.1. The van der Waals surface area contributed by atoms with E-state index in [-0.39, 0.29) is 25.5 Å². The van der Waals surface area contributed by atoms with Crippen LogP contribution in [0.2, 0.25) is 0 Å². The van der Waals surface area contributed by atoms with Crippen molar-refractivity contribution in [3.05, 3.63) is 34.6 Å². The molecule has 11 heteroatoms. The Labute approximate surface area is 146 Å². The van der Waals surface area contributed by atoms with Gasteiger partial charge < -0.3 is 4.74 Å². The van der Waals surface area contributed by atoms with Gasteiger partial charge in [0, 0.05) is 0 Å². The predicted molar refractivity (Wildman–Crippen MR) is 81.4 cm³/mol. The number of carbonyl (C=O) groups excluding carboxylic acids is 2. The fourth-order valence-corrected chi connectivity index (χ4v) is 3.37. The standard InChI is InChI=1S/C15H15F4NO5S/c1-3-25-13(22)8-6-9(15(17,18)19)11(10(16)7-8)12(21)20-26(23,24)14(2)4-5-14/h6-7H,3-5H2,1-2H3,(H,20,21). The lowest BCUT2D eigenvalue weighted by atomic mass is 10.0. The second-order valence-electron chi connectivity index (χ2n) is 5.98. The summed E-state index contributed by atoms with van der Waals surface area (Å²) in [7, 11) is -4.27. The van der Waals surface area contributed by atoms with E-state index in [0.29, 0.717) is 6.07 Å². The van der Waals surface area contributed by atoms with Crippen LogP contribution in [0.1, 0.15) is 53.0 Å². The van der Waals surface area contributed by atoms with E-state index in [1.165, 1.54) is 18.6 Å². The summed E-state index contributed by atoms with van der Waals surface area (Å²) < 4.78 is 82.7. The summed E-state index contributed by atoms with van der Waals surface area (Å²) in [5, 5.41) is 0. The van der Waals surface area contributed by atoms with Crippen LogP contribution < -0.4 is 4.72 Å². The molecule has 0 heterocycles. The number of esters is 1. The molecule has 0 spiro atoms. The van der Waals surface area contributed by atoms with Gasteiger partial charge in [-0.15, -0.1) is 0 Å². The molecule has 0 atom stereocenters. The molecule has 1 aliphatic carbocycles. The topological polar surface area (TPSA) is 89.5 Å². The van der Waals surface area contributed by atoms with Crippen LogP contribution >= 0.6 is 0 Å². The third-order valence-electron chi connectivity index (χ3n) is 3.96. The van der Waals surface area contributed by atoms with Crippen LogP contribution in [0, 0.1) is 5.82 Å². The van der Waals surface area contributed by atoms with Gasteiger partial charge >= 0.3 is 12.1 Å². The van der Waals surface area contributed by atoms with Gasteiger partial charge in [-0.1, -0.05) is 0 Å². The van der Waals surface area contributed by atoms with Gasteiger partial charge in [0.25, 0.3) is 5.91 Å². The predicted octanol–water partition coefficient (Wildman–Crippen LogP) is 2.63. The van der Waals surface area contributed by atoms with Crippen LogP contribution in [0.25, 0.3) is 0 Å². The molecule has 1 amide bonds. The van der Waals surface area contributed by atoms with E-state index in [1.54, 1.807) is 0 Å². The molecule has 6 nitrogen and oxygen atoms in total. The fourth-order valence-electron chi connectivity index (χ4n) is 2.13. The third kappa shape index (κ3) is 3.81. The van der Waals surface area contributed by atoms with E-state index in [0.717, 1.165) is 0 Å². The number of nitrogens with one attached hydrogen (secondary N) is 1. The fraction of sp³-hybridized carbons (Fsp3) is 0.467. The summed E-state index contributed by atoms with van der Waals surface area (Å²) in [6, 6.07) is 0.648. The minimum absolute atomic E-state index is 0.152. The van der Waals surface area contributed by atoms with Gasteiger partial charge in [0.1, 0.15) is 5.82 Å². The zero-order chi connectivity index (χ0) is 19.9. The van der Waals surface area contributed by atoms with Gasteiger partial charge in [-0.3, -0.25) is 4.79 Å². The van der Waals surface area contributed by atoms with Crippen molar-refractivity contribution in [2.45, 2.75) is 37.6 Å². The molecular formula is C15H15F4NO5S. The minimum Gasteiger partial charge on any atom is -0.462 e. The van der Waals surface area contributed by atoms with Gasteiger partial charge in [-0.25, -0.2) is 22.3 Å². The number of carbonyl (C=O) groups is 2. The number of sulfonamides is 1. The van der Waals surface area contributed by atoms with E-state index in [9.17, 15) is 35.6 Å². The van der Waals surface area contributed by atoms with E-state index in [4.69, 9.17) is 0 Å². The van der Waals surface area contributed by atoms with Crippen LogP contribution in [0.15, 0.2) is 12.1 Å². The number of amides is 1. The smallest absolute Gasteiger partial charge is 0.417 e. The highest BCUT2D eigenvalue weighted by Crippen LogP contribution is 2.42. The first-order valence-electron chi connectivity index (χ1n) is 7.47. The van der Waals surface area contributed by atoms with Crippen molar-refractivity contribution in [3.8, 4) is 0 Å². The molecule has 0 bridgehead atoms. The molecule has 1 fully saturated rings. The molecule has 26 heavy (non-hydrogen) atoms. The van der Waals surface area contributed by atoms with Crippen molar-refractivity contribution in [2.75, 3.05) is 6.61 Å². The average molecular weight is 397 g/mol. The van der Waals surface area contributed by atoms with Crippen molar-refractivity contribution in [3.63, 3.8) is 0 Å². The summed E-state index contributed by atoms with van der Waals surface area (Å²) in [5.74, 6) is -4.64. The Morgan fingerprint density at radius 1 is 1.27 bits per heavy atom. The highest BCUT2D eigenvalue weighted by atomic mass is 32.2. The zero-order valence-electron chi connectivity index (χ0n) is 13.7. The number of halogens is 4. The first-order chi connectivity index (χ1) is 11.8. The minimum atomic E-state index is -5.21. The number of hydrogen-bond acceptors (Lipinski definition) is 5. The molecule has 0 radical (unpaired) electrons. The Morgan fingerprint density at radius 2 is 1.85 bits per heavy atom. The Hall–Kier alpha value is -2.17. The maximum atomic E-state index is 14.2. The Kier molecular flexibility index (Phi) is 5.06. The molecule has 1 aromatic rings. The number of rotatable bonds is 5. The maximum absolute atomic E-state index is 14.2. The lowest BCUT2D eigenvalue weighted by molar-refractivity contribution is -0.138. The summed E-state index contributed by atoms with van der Waals surface area (Å²) in [4.78, 5) is 23.7. The lowest BCUT2D eigenvalue weighted by Crippen LogP contribution is -2.39. The zero-order valence-corrected chi connectivity index (χ0v) is 14.6. The first-order valence-corrected chi connectivity index (χ1v) is 8.95. The number of benzene rings is 1. The largest absolute Gasteiger partial charge is 0.462 e. The number of alkyl halides is 3. The Balaban J connectivity index is 2.50. The van der Waals surface area contributed by atoms with E-state index < -0.39 is 55.3 Å². The van der Waals surface area contributed by atoms with Crippen molar-refractivity contribution >= 4 is 21.9 Å². The molecule has 0 unspecified atom stereocenters. The van der Waals surface area contributed by atoms with E-state index in [2.05, 4.69) is 4.74 Å². The molecule has 0 saturated heterocycles. The van der Waals surface area contributed by atoms with Crippen molar-refractivity contribution in [2.24, 2.45) is 0 Å². The average Bonchev–Trinajstić information content (AvgIpc) is 3.24. The quantitative estimate of drug-likeness (QED) is 0.610. The van der Waals surface area contributed by atoms with Crippen molar-refractivity contribution < 1.29 is 40.3 Å². The normalized spacial score (nSPS) is 16.1. The van der Waals surface area contributed by atoms with Crippen molar-refractivity contribution in [1.29, 1.82) is 0 Å². The number of ether oxygens (including phenoxy) is 1. The SMILES string of the molecule is CCOC(=O)c1cc(F)c(C(=O)NS(=O)(=O)C2(C)CC2)c(C(F)(F)F)c1. The molecule has 1 aromatic carbocycles. The van der Waals surface area contributed by atoms with E-state index in [1.807, 2.05) is 0 Å². The molecule has 0 aliphatic heterocycles. The highest BCUT2D eigenvalue weighted by Gasteiger charge is 2.51. The van der Waals surface area contributed by atoms with E-state index >= 15 is 0 Å². The van der Waals surface area contributed by atoms with Gasteiger partial charge in [-0.2, -0.15) is 13.2 Å². The summed E-state index contributed by atoms with van der Waals surface area (Å²) in [6.45, 7) is 2.57. The van der Waals surface area contributed by atoms with Gasteiger partial charge in [0.05, 0.1) is 28.0 Å². The lowest BCUT2D eigenvalue weighted by Gasteiger charge is -2.17. The van der Waals surface area contributed by atoms with Crippen LogP contribution in [-0.2, 0) is 20.9 Å². The van der Waals surface area contributed by atoms with Gasteiger partial charge in [0.2, 0.25) is 10.0 Å². The highest BCUT2D eigenvalue weighted by molar-refractivity contribution is 7.91. The molecule has 1 aliphatic rings. The maximum Gasteiger partial charge on any atom is 0.417 e. The molecule has 144 valence electrons. The Bertz CT molecular complexity index is 860. The Morgan fingerprint density at radius 3 is 2.31 bits per heavy atom. The van der Waals surface area contributed by atoms with Crippen LogP contribution in [0.3, 0.4) is 0 Å². The summed E-state index contributed by atoms with van der Waals surface area (Å²) >= 11 is 0. The van der Waals surface area contributed by atoms with Crippen molar-refractivity contribution in [1.82, 2.24) is 4.72 Å². The van der Waals surface area contributed by atoms with Crippen LogP contribution in [0.4, 0.5) is 17.6 Å². The monoisotopic (exact) mass is 397 g/mol. The molecule has 1 N–H and O–H groups in total. The van der Waals surface area contributed by atoms with Crippen LogP contribution in [0.5, 0.6) is 0 Å². The molecular weight excluding hydrogens is 382 g/mol. The molecule has 2 rings (SSSR count). The number of hydrogen-bond donors (Lipinski definition) is 1. The second-order valence-corrected chi connectivity index (χ2v) is 8.18. The summed E-state index contributed by atoms with van der Waals surface area (Å²) in [6.07, 6.45) is -4.75. The molecule has 1 saturated carbocycles. The third-order valence-corrected chi connectivity index (χ3v) is 6.12.